The van der Waals surface area contributed by atoms with Crippen LogP contribution in [0.2, 0.25) is 0 Å². The number of carbonyl (C=O) groups is 2. The maximum Gasteiger partial charge on any atom is 0.359 e. The van der Waals surface area contributed by atoms with Crippen molar-refractivity contribution < 1.29 is 23.8 Å². The minimum atomic E-state index is -0.782. The van der Waals surface area contributed by atoms with Crippen molar-refractivity contribution in [3.63, 3.8) is 0 Å². The number of benzene rings is 2. The van der Waals surface area contributed by atoms with E-state index in [0.29, 0.717) is 22.3 Å². The van der Waals surface area contributed by atoms with Crippen molar-refractivity contribution >= 4 is 22.6 Å². The van der Waals surface area contributed by atoms with Gasteiger partial charge >= 0.3 is 5.97 Å². The summed E-state index contributed by atoms with van der Waals surface area (Å²) >= 11 is 0. The molecule has 1 N–H and O–H groups in total. The lowest BCUT2D eigenvalue weighted by atomic mass is 10.1. The maximum absolute atomic E-state index is 12.4. The van der Waals surface area contributed by atoms with Gasteiger partial charge in [-0.1, -0.05) is 24.3 Å². The van der Waals surface area contributed by atoms with E-state index >= 15 is 0 Å². The number of nitrogens with zero attached hydrogens (tertiary/aromatic N) is 2. The number of esters is 1. The van der Waals surface area contributed by atoms with Crippen LogP contribution < -0.4 is 20.3 Å². The highest BCUT2D eigenvalue weighted by Gasteiger charge is 2.18. The van der Waals surface area contributed by atoms with Gasteiger partial charge in [0.25, 0.3) is 11.5 Å². The Hall–Kier alpha value is -3.88. The number of ether oxygens (including phenoxy) is 3. The van der Waals surface area contributed by atoms with Crippen molar-refractivity contribution in [3.8, 4) is 11.5 Å². The molecule has 0 spiro atoms. The molecular formula is C20H17N3O6. The fourth-order valence-corrected chi connectivity index (χ4v) is 2.95. The zero-order chi connectivity index (χ0) is 20.4. The summed E-state index contributed by atoms with van der Waals surface area (Å²) in [7, 11) is 1.45. The normalized spacial score (nSPS) is 12.0. The van der Waals surface area contributed by atoms with Crippen LogP contribution in [-0.4, -0.2) is 35.1 Å². The van der Waals surface area contributed by atoms with Crippen molar-refractivity contribution in [2.24, 2.45) is 7.05 Å². The first kappa shape index (κ1) is 18.5. The van der Waals surface area contributed by atoms with Crippen LogP contribution in [0.25, 0.3) is 10.8 Å². The molecule has 148 valence electrons. The Morgan fingerprint density at radius 1 is 1.14 bits per heavy atom. The minimum Gasteiger partial charge on any atom is -0.454 e. The van der Waals surface area contributed by atoms with Gasteiger partial charge in [-0.15, -0.1) is 0 Å². The van der Waals surface area contributed by atoms with Gasteiger partial charge in [-0.2, -0.15) is 5.10 Å². The molecule has 0 aliphatic carbocycles. The van der Waals surface area contributed by atoms with Crippen LogP contribution in [0.1, 0.15) is 16.1 Å². The summed E-state index contributed by atoms with van der Waals surface area (Å²) in [6, 6.07) is 11.9. The third-order valence-corrected chi connectivity index (χ3v) is 4.41. The topological polar surface area (TPSA) is 109 Å². The van der Waals surface area contributed by atoms with Crippen molar-refractivity contribution in [2.75, 3.05) is 13.4 Å². The van der Waals surface area contributed by atoms with E-state index in [2.05, 4.69) is 10.4 Å². The SMILES string of the molecule is Cn1nc(C(=O)OCC(=O)NCc2ccc3c(c2)OCO3)c2ccccc2c1=O. The number of hydrogen-bond acceptors (Lipinski definition) is 7. The minimum absolute atomic E-state index is 0.0220. The summed E-state index contributed by atoms with van der Waals surface area (Å²) in [5, 5.41) is 7.37. The smallest absolute Gasteiger partial charge is 0.359 e. The average Bonchev–Trinajstić information content (AvgIpc) is 3.21. The fourth-order valence-electron chi connectivity index (χ4n) is 2.95. The van der Waals surface area contributed by atoms with Gasteiger partial charge < -0.3 is 19.5 Å². The number of aromatic nitrogens is 2. The highest BCUT2D eigenvalue weighted by molar-refractivity contribution is 6.02. The van der Waals surface area contributed by atoms with Gasteiger partial charge in [0.05, 0.1) is 5.39 Å². The molecule has 0 saturated heterocycles. The molecule has 0 bridgehead atoms. The molecule has 2 heterocycles. The van der Waals surface area contributed by atoms with E-state index in [4.69, 9.17) is 14.2 Å². The standard InChI is InChI=1S/C20H17N3O6/c1-23-19(25)14-5-3-2-4-13(14)18(22-23)20(26)27-10-17(24)21-9-12-6-7-15-16(8-12)29-11-28-15/h2-8H,9-11H2,1H3,(H,21,24). The molecule has 0 fully saturated rings. The van der Waals surface area contributed by atoms with E-state index in [1.165, 1.54) is 7.05 Å². The molecule has 9 heteroatoms. The van der Waals surface area contributed by atoms with Crippen LogP contribution in [0.5, 0.6) is 11.5 Å². The second-order valence-corrected chi connectivity index (χ2v) is 6.36. The Bertz CT molecular complexity index is 1170. The third kappa shape index (κ3) is 3.75. The van der Waals surface area contributed by atoms with Crippen LogP contribution >= 0.6 is 0 Å². The molecule has 1 aromatic heterocycles. The zero-order valence-corrected chi connectivity index (χ0v) is 15.5. The van der Waals surface area contributed by atoms with Gasteiger partial charge in [0.15, 0.2) is 23.8 Å². The van der Waals surface area contributed by atoms with Crippen LogP contribution in [0.4, 0.5) is 0 Å². The van der Waals surface area contributed by atoms with Gasteiger partial charge in [0, 0.05) is 19.0 Å². The van der Waals surface area contributed by atoms with E-state index in [-0.39, 0.29) is 24.6 Å². The van der Waals surface area contributed by atoms with Gasteiger partial charge in [-0.05, 0) is 23.8 Å². The summed E-state index contributed by atoms with van der Waals surface area (Å²) in [5.41, 5.74) is 0.476. The van der Waals surface area contributed by atoms with E-state index in [0.717, 1.165) is 10.2 Å². The zero-order valence-electron chi connectivity index (χ0n) is 15.5. The molecule has 0 atom stereocenters. The van der Waals surface area contributed by atoms with Crippen molar-refractivity contribution in [3.05, 3.63) is 64.1 Å². The average molecular weight is 395 g/mol. The Kier molecular flexibility index (Phi) is 4.86. The molecule has 1 aliphatic rings. The number of hydrogen-bond donors (Lipinski definition) is 1. The summed E-state index contributed by atoms with van der Waals surface area (Å²) in [5.74, 6) is 0.0296. The predicted octanol–water partition coefficient (Wildman–Crippen LogP) is 1.14. The Labute approximate surface area is 164 Å². The molecule has 29 heavy (non-hydrogen) atoms. The predicted molar refractivity (Wildman–Crippen MR) is 102 cm³/mol. The fraction of sp³-hybridized carbons (Fsp3) is 0.200. The first-order valence-electron chi connectivity index (χ1n) is 8.81. The summed E-state index contributed by atoms with van der Waals surface area (Å²) < 4.78 is 16.7. The van der Waals surface area contributed by atoms with Crippen molar-refractivity contribution in [2.45, 2.75) is 6.54 Å². The van der Waals surface area contributed by atoms with E-state index in [1.54, 1.807) is 42.5 Å². The lowest BCUT2D eigenvalue weighted by molar-refractivity contribution is -0.124. The second kappa shape index (κ2) is 7.63. The second-order valence-electron chi connectivity index (χ2n) is 6.36. The highest BCUT2D eigenvalue weighted by Crippen LogP contribution is 2.32. The summed E-state index contributed by atoms with van der Waals surface area (Å²) in [4.78, 5) is 36.6. The molecule has 0 radical (unpaired) electrons. The highest BCUT2D eigenvalue weighted by atomic mass is 16.7. The number of aryl methyl sites for hydroxylation is 1. The van der Waals surface area contributed by atoms with Gasteiger partial charge in [0.2, 0.25) is 6.79 Å². The molecule has 1 aliphatic heterocycles. The number of carbonyl (C=O) groups excluding carboxylic acids is 2. The number of amides is 1. The lowest BCUT2D eigenvalue weighted by Crippen LogP contribution is -2.29. The molecule has 3 aromatic rings. The maximum atomic E-state index is 12.4. The first-order valence-corrected chi connectivity index (χ1v) is 8.81. The van der Waals surface area contributed by atoms with Crippen molar-refractivity contribution in [1.82, 2.24) is 15.1 Å². The van der Waals surface area contributed by atoms with E-state index in [9.17, 15) is 14.4 Å². The first-order chi connectivity index (χ1) is 14.0. The van der Waals surface area contributed by atoms with Gasteiger partial charge in [-0.3, -0.25) is 9.59 Å². The number of fused-ring (bicyclic) bond motifs is 2. The van der Waals surface area contributed by atoms with Crippen LogP contribution in [0.3, 0.4) is 0 Å². The lowest BCUT2D eigenvalue weighted by Gasteiger charge is -2.09. The molecule has 0 saturated carbocycles. The van der Waals surface area contributed by atoms with Gasteiger partial charge in [0.1, 0.15) is 0 Å². The van der Waals surface area contributed by atoms with E-state index < -0.39 is 18.5 Å². The summed E-state index contributed by atoms with van der Waals surface area (Å²) in [6.45, 7) is -0.0504. The molecule has 1 amide bonds. The van der Waals surface area contributed by atoms with Crippen LogP contribution in [0, 0.1) is 0 Å². The number of nitrogens with one attached hydrogen (secondary N) is 1. The largest absolute Gasteiger partial charge is 0.454 e. The summed E-state index contributed by atoms with van der Waals surface area (Å²) in [6.07, 6.45) is 0. The van der Waals surface area contributed by atoms with Gasteiger partial charge in [-0.25, -0.2) is 9.48 Å². The molecule has 2 aromatic carbocycles. The Morgan fingerprint density at radius 3 is 2.72 bits per heavy atom. The Morgan fingerprint density at radius 2 is 1.90 bits per heavy atom. The third-order valence-electron chi connectivity index (χ3n) is 4.41. The molecule has 0 unspecified atom stereocenters. The quantitative estimate of drug-likeness (QED) is 0.645. The van der Waals surface area contributed by atoms with Crippen LogP contribution in [0.15, 0.2) is 47.3 Å². The molecule has 4 rings (SSSR count). The Balaban J connectivity index is 1.38. The monoisotopic (exact) mass is 395 g/mol. The van der Waals surface area contributed by atoms with Crippen molar-refractivity contribution in [1.29, 1.82) is 0 Å². The molecular weight excluding hydrogens is 378 g/mol. The molecule has 9 nitrogen and oxygen atoms in total. The van der Waals surface area contributed by atoms with Crippen LogP contribution in [-0.2, 0) is 23.1 Å². The number of rotatable bonds is 5. The van der Waals surface area contributed by atoms with E-state index in [1.807, 2.05) is 0 Å².